The van der Waals surface area contributed by atoms with Crippen LogP contribution in [-0.2, 0) is 6.42 Å². The Bertz CT molecular complexity index is 447. The zero-order valence-corrected chi connectivity index (χ0v) is 12.1. The molecule has 2 aliphatic rings. The van der Waals surface area contributed by atoms with E-state index in [0.717, 1.165) is 30.4 Å². The fourth-order valence-electron chi connectivity index (χ4n) is 3.86. The molecule has 2 heteroatoms. The molecule has 1 aromatic carbocycles. The Balaban J connectivity index is 1.70. The Hall–Kier alpha value is -1.02. The van der Waals surface area contributed by atoms with Crippen LogP contribution in [0.5, 0.6) is 5.75 Å². The van der Waals surface area contributed by atoms with E-state index in [0.29, 0.717) is 6.10 Å². The molecule has 2 nitrogen and oxygen atoms in total. The molecule has 0 saturated heterocycles. The van der Waals surface area contributed by atoms with Gasteiger partial charge in [0.15, 0.2) is 0 Å². The minimum atomic E-state index is 0.235. The minimum absolute atomic E-state index is 0.235. The Labute approximate surface area is 116 Å². The Morgan fingerprint density at radius 3 is 2.58 bits per heavy atom. The van der Waals surface area contributed by atoms with E-state index >= 15 is 0 Å². The summed E-state index contributed by atoms with van der Waals surface area (Å²) >= 11 is 0. The summed E-state index contributed by atoms with van der Waals surface area (Å²) in [7, 11) is 0. The van der Waals surface area contributed by atoms with Crippen molar-refractivity contribution < 1.29 is 4.74 Å². The zero-order chi connectivity index (χ0) is 13.4. The van der Waals surface area contributed by atoms with E-state index < -0.39 is 0 Å². The molecule has 0 aliphatic heterocycles. The van der Waals surface area contributed by atoms with Gasteiger partial charge in [-0.05, 0) is 67.2 Å². The first-order valence-corrected chi connectivity index (χ1v) is 7.67. The molecule has 3 unspecified atom stereocenters. The summed E-state index contributed by atoms with van der Waals surface area (Å²) in [5, 5.41) is 0. The van der Waals surface area contributed by atoms with Gasteiger partial charge >= 0.3 is 0 Å². The topological polar surface area (TPSA) is 35.2 Å². The average Bonchev–Trinajstić information content (AvgIpc) is 2.69. The van der Waals surface area contributed by atoms with Gasteiger partial charge in [-0.1, -0.05) is 19.9 Å². The first kappa shape index (κ1) is 13.0. The molecule has 1 aromatic rings. The molecule has 2 aliphatic carbocycles. The highest BCUT2D eigenvalue weighted by molar-refractivity contribution is 5.40. The molecular weight excluding hydrogens is 234 g/mol. The van der Waals surface area contributed by atoms with Crippen molar-refractivity contribution in [2.45, 2.75) is 58.1 Å². The SMILES string of the molecule is CC1CC(C)CC(Oc2ccc3c(c2)CCC3N)C1. The van der Waals surface area contributed by atoms with Crippen LogP contribution in [0.3, 0.4) is 0 Å². The molecule has 1 fully saturated rings. The third-order valence-corrected chi connectivity index (χ3v) is 4.68. The summed E-state index contributed by atoms with van der Waals surface area (Å²) in [5.74, 6) is 2.62. The lowest BCUT2D eigenvalue weighted by molar-refractivity contribution is 0.101. The summed E-state index contributed by atoms with van der Waals surface area (Å²) in [4.78, 5) is 0. The van der Waals surface area contributed by atoms with Crippen LogP contribution in [0, 0.1) is 11.8 Å². The van der Waals surface area contributed by atoms with Crippen LogP contribution in [0.2, 0.25) is 0 Å². The van der Waals surface area contributed by atoms with Gasteiger partial charge in [-0.2, -0.15) is 0 Å². The average molecular weight is 259 g/mol. The molecule has 3 atom stereocenters. The molecule has 2 N–H and O–H groups in total. The largest absolute Gasteiger partial charge is 0.490 e. The van der Waals surface area contributed by atoms with Crippen molar-refractivity contribution in [3.8, 4) is 5.75 Å². The van der Waals surface area contributed by atoms with Gasteiger partial charge in [0.05, 0.1) is 6.10 Å². The van der Waals surface area contributed by atoms with Crippen LogP contribution < -0.4 is 10.5 Å². The minimum Gasteiger partial charge on any atom is -0.490 e. The van der Waals surface area contributed by atoms with Crippen molar-refractivity contribution in [1.29, 1.82) is 0 Å². The van der Waals surface area contributed by atoms with Crippen molar-refractivity contribution in [2.24, 2.45) is 17.6 Å². The van der Waals surface area contributed by atoms with Crippen LogP contribution >= 0.6 is 0 Å². The predicted octanol–water partition coefficient (Wildman–Crippen LogP) is 3.84. The first-order chi connectivity index (χ1) is 9.11. The molecular formula is C17H25NO. The molecule has 1 saturated carbocycles. The second-order valence-electron chi connectivity index (χ2n) is 6.66. The zero-order valence-electron chi connectivity index (χ0n) is 12.1. The van der Waals surface area contributed by atoms with Crippen LogP contribution in [0.25, 0.3) is 0 Å². The summed E-state index contributed by atoms with van der Waals surface area (Å²) < 4.78 is 6.22. The molecule has 0 amide bonds. The maximum atomic E-state index is 6.22. The fraction of sp³-hybridized carbons (Fsp3) is 0.647. The summed E-state index contributed by atoms with van der Waals surface area (Å²) in [6.45, 7) is 4.68. The molecule has 0 bridgehead atoms. The highest BCUT2D eigenvalue weighted by Crippen LogP contribution is 2.34. The van der Waals surface area contributed by atoms with E-state index in [9.17, 15) is 0 Å². The van der Waals surface area contributed by atoms with E-state index in [1.54, 1.807) is 0 Å². The Kier molecular flexibility index (Phi) is 3.53. The highest BCUT2D eigenvalue weighted by atomic mass is 16.5. The quantitative estimate of drug-likeness (QED) is 0.876. The maximum Gasteiger partial charge on any atom is 0.120 e. The lowest BCUT2D eigenvalue weighted by Gasteiger charge is -2.31. The van der Waals surface area contributed by atoms with Gasteiger partial charge in [0.2, 0.25) is 0 Å². The van der Waals surface area contributed by atoms with Gasteiger partial charge in [-0.25, -0.2) is 0 Å². The van der Waals surface area contributed by atoms with Gasteiger partial charge in [-0.15, -0.1) is 0 Å². The van der Waals surface area contributed by atoms with Crippen LogP contribution in [0.1, 0.15) is 56.7 Å². The molecule has 19 heavy (non-hydrogen) atoms. The van der Waals surface area contributed by atoms with E-state index in [1.807, 2.05) is 0 Å². The van der Waals surface area contributed by atoms with Crippen molar-refractivity contribution in [1.82, 2.24) is 0 Å². The first-order valence-electron chi connectivity index (χ1n) is 7.67. The number of aryl methyl sites for hydroxylation is 1. The predicted molar refractivity (Wildman–Crippen MR) is 78.3 cm³/mol. The maximum absolute atomic E-state index is 6.22. The normalized spacial score (nSPS) is 34.1. The van der Waals surface area contributed by atoms with Gasteiger partial charge < -0.3 is 10.5 Å². The second kappa shape index (κ2) is 5.16. The smallest absolute Gasteiger partial charge is 0.120 e. The van der Waals surface area contributed by atoms with Crippen molar-refractivity contribution >= 4 is 0 Å². The molecule has 0 radical (unpaired) electrons. The molecule has 104 valence electrons. The van der Waals surface area contributed by atoms with Crippen molar-refractivity contribution in [2.75, 3.05) is 0 Å². The van der Waals surface area contributed by atoms with Crippen molar-refractivity contribution in [3.63, 3.8) is 0 Å². The van der Waals surface area contributed by atoms with E-state index in [-0.39, 0.29) is 6.04 Å². The molecule has 0 heterocycles. The standard InChI is InChI=1S/C17H25NO/c1-11-7-12(2)9-15(8-11)19-14-4-5-16-13(10-14)3-6-17(16)18/h4-5,10-12,15,17H,3,6-9,18H2,1-2H3. The monoisotopic (exact) mass is 259 g/mol. The third-order valence-electron chi connectivity index (χ3n) is 4.68. The fourth-order valence-corrected chi connectivity index (χ4v) is 3.86. The van der Waals surface area contributed by atoms with Crippen LogP contribution in [0.4, 0.5) is 0 Å². The van der Waals surface area contributed by atoms with Gasteiger partial charge in [-0.3, -0.25) is 0 Å². The number of ether oxygens (including phenoxy) is 1. The Morgan fingerprint density at radius 2 is 1.84 bits per heavy atom. The van der Waals surface area contributed by atoms with E-state index in [1.165, 1.54) is 30.4 Å². The second-order valence-corrected chi connectivity index (χ2v) is 6.66. The lowest BCUT2D eigenvalue weighted by Crippen LogP contribution is -2.28. The summed E-state index contributed by atoms with van der Waals surface area (Å²) in [5.41, 5.74) is 8.78. The van der Waals surface area contributed by atoms with Gasteiger partial charge in [0, 0.05) is 6.04 Å². The number of fused-ring (bicyclic) bond motifs is 1. The third kappa shape index (κ3) is 2.79. The molecule has 0 aromatic heterocycles. The Morgan fingerprint density at radius 1 is 1.11 bits per heavy atom. The van der Waals surface area contributed by atoms with Crippen LogP contribution in [0.15, 0.2) is 18.2 Å². The van der Waals surface area contributed by atoms with E-state index in [2.05, 4.69) is 32.0 Å². The number of benzene rings is 1. The van der Waals surface area contributed by atoms with Crippen LogP contribution in [-0.4, -0.2) is 6.10 Å². The molecule has 0 spiro atoms. The number of nitrogens with two attached hydrogens (primary N) is 1. The number of hydrogen-bond acceptors (Lipinski definition) is 2. The lowest BCUT2D eigenvalue weighted by atomic mass is 9.82. The highest BCUT2D eigenvalue weighted by Gasteiger charge is 2.26. The summed E-state index contributed by atoms with van der Waals surface area (Å²) in [6.07, 6.45) is 6.31. The van der Waals surface area contributed by atoms with Gasteiger partial charge in [0.25, 0.3) is 0 Å². The van der Waals surface area contributed by atoms with Crippen molar-refractivity contribution in [3.05, 3.63) is 29.3 Å². The summed E-state index contributed by atoms with van der Waals surface area (Å²) in [6, 6.07) is 6.72. The number of rotatable bonds is 2. The number of hydrogen-bond donors (Lipinski definition) is 1. The van der Waals surface area contributed by atoms with Gasteiger partial charge in [0.1, 0.15) is 5.75 Å². The molecule has 3 rings (SSSR count). The van der Waals surface area contributed by atoms with E-state index in [4.69, 9.17) is 10.5 Å².